The summed E-state index contributed by atoms with van der Waals surface area (Å²) in [7, 11) is 1.39. The summed E-state index contributed by atoms with van der Waals surface area (Å²) < 4.78 is 5.63. The first-order valence-corrected chi connectivity index (χ1v) is 5.95. The lowest BCUT2D eigenvalue weighted by Gasteiger charge is -2.08. The maximum absolute atomic E-state index is 11.4. The van der Waals surface area contributed by atoms with Crippen LogP contribution in [0.25, 0.3) is 0 Å². The van der Waals surface area contributed by atoms with Crippen molar-refractivity contribution in [2.75, 3.05) is 7.11 Å². The van der Waals surface area contributed by atoms with E-state index in [2.05, 4.69) is 31.9 Å². The first kappa shape index (κ1) is 11.7. The summed E-state index contributed by atoms with van der Waals surface area (Å²) in [4.78, 5) is 11.4. The Balaban J connectivity index is 3.32. The number of hydrogen-bond donors (Lipinski definition) is 0. The molecule has 14 heavy (non-hydrogen) atoms. The van der Waals surface area contributed by atoms with E-state index in [4.69, 9.17) is 4.74 Å². The van der Waals surface area contributed by atoms with Gasteiger partial charge in [0.05, 0.1) is 12.7 Å². The Kier molecular flexibility index (Phi) is 4.13. The molecule has 76 valence electrons. The first-order chi connectivity index (χ1) is 6.60. The van der Waals surface area contributed by atoms with Crippen LogP contribution in [0.4, 0.5) is 0 Å². The molecule has 0 saturated carbocycles. The topological polar surface area (TPSA) is 26.3 Å². The molecule has 0 radical (unpaired) electrons. The smallest absolute Gasteiger partial charge is 0.338 e. The molecule has 0 aliphatic carbocycles. The molecule has 4 heteroatoms. The Labute approximate surface area is 99.9 Å². The van der Waals surface area contributed by atoms with E-state index in [9.17, 15) is 4.79 Å². The molecule has 0 atom stereocenters. The monoisotopic (exact) mass is 320 g/mol. The molecule has 0 heterocycles. The minimum atomic E-state index is -0.302. The van der Waals surface area contributed by atoms with E-state index < -0.39 is 0 Å². The van der Waals surface area contributed by atoms with Crippen LogP contribution in [0.1, 0.15) is 21.5 Å². The normalized spacial score (nSPS) is 10.0. The van der Waals surface area contributed by atoms with Crippen LogP contribution in [0.15, 0.2) is 16.6 Å². The van der Waals surface area contributed by atoms with Gasteiger partial charge in [-0.25, -0.2) is 4.79 Å². The highest BCUT2D eigenvalue weighted by Crippen LogP contribution is 2.25. The summed E-state index contributed by atoms with van der Waals surface area (Å²) in [5, 5.41) is 0.623. The van der Waals surface area contributed by atoms with Crippen molar-refractivity contribution < 1.29 is 9.53 Å². The van der Waals surface area contributed by atoms with Crippen LogP contribution in [0.5, 0.6) is 0 Å². The van der Waals surface area contributed by atoms with Gasteiger partial charge in [-0.2, -0.15) is 0 Å². The van der Waals surface area contributed by atoms with Gasteiger partial charge in [-0.15, -0.1) is 0 Å². The molecule has 0 aliphatic heterocycles. The van der Waals surface area contributed by atoms with Crippen molar-refractivity contribution in [2.24, 2.45) is 0 Å². The number of ether oxygens (including phenoxy) is 1. The van der Waals surface area contributed by atoms with Crippen LogP contribution in [0.2, 0.25) is 0 Å². The summed E-state index contributed by atoms with van der Waals surface area (Å²) in [6, 6.07) is 3.80. The fourth-order valence-electron chi connectivity index (χ4n) is 1.20. The van der Waals surface area contributed by atoms with Gasteiger partial charge in [0.1, 0.15) is 0 Å². The zero-order valence-corrected chi connectivity index (χ0v) is 11.1. The molecule has 1 aromatic carbocycles. The summed E-state index contributed by atoms with van der Waals surface area (Å²) in [5.74, 6) is -0.302. The Morgan fingerprint density at radius 3 is 2.64 bits per heavy atom. The van der Waals surface area contributed by atoms with Gasteiger partial charge in [-0.1, -0.05) is 31.9 Å². The van der Waals surface area contributed by atoms with E-state index in [1.165, 1.54) is 7.11 Å². The van der Waals surface area contributed by atoms with Gasteiger partial charge >= 0.3 is 5.97 Å². The highest BCUT2D eigenvalue weighted by atomic mass is 79.9. The maximum atomic E-state index is 11.4. The third-order valence-corrected chi connectivity index (χ3v) is 3.15. The predicted molar refractivity (Wildman–Crippen MR) is 62.8 cm³/mol. The van der Waals surface area contributed by atoms with Gasteiger partial charge < -0.3 is 4.74 Å². The van der Waals surface area contributed by atoms with Crippen molar-refractivity contribution in [3.05, 3.63) is 33.3 Å². The molecule has 1 rings (SSSR count). The van der Waals surface area contributed by atoms with Gasteiger partial charge in [0.2, 0.25) is 0 Å². The number of halogens is 2. The number of aryl methyl sites for hydroxylation is 1. The largest absolute Gasteiger partial charge is 0.465 e. The summed E-state index contributed by atoms with van der Waals surface area (Å²) in [6.45, 7) is 1.94. The highest BCUT2D eigenvalue weighted by Gasteiger charge is 2.14. The second-order valence-corrected chi connectivity index (χ2v) is 4.31. The van der Waals surface area contributed by atoms with E-state index >= 15 is 0 Å². The molecule has 0 fully saturated rings. The van der Waals surface area contributed by atoms with Gasteiger partial charge in [-0.05, 0) is 30.2 Å². The Bertz CT molecular complexity index is 361. The number of benzene rings is 1. The summed E-state index contributed by atoms with van der Waals surface area (Å²) in [5.41, 5.74) is 2.56. The number of carbonyl (C=O) groups is 1. The number of carbonyl (C=O) groups excluding carboxylic acids is 1. The van der Waals surface area contributed by atoms with E-state index in [0.29, 0.717) is 10.9 Å². The molecule has 2 nitrogen and oxygen atoms in total. The molecule has 0 aromatic heterocycles. The third kappa shape index (κ3) is 2.36. The van der Waals surface area contributed by atoms with Crippen LogP contribution < -0.4 is 0 Å². The Morgan fingerprint density at radius 1 is 1.50 bits per heavy atom. The minimum absolute atomic E-state index is 0.302. The van der Waals surface area contributed by atoms with E-state index in [1.807, 2.05) is 19.1 Å². The average Bonchev–Trinajstić information content (AvgIpc) is 2.15. The molecule has 0 amide bonds. The van der Waals surface area contributed by atoms with Gasteiger partial charge in [0.15, 0.2) is 0 Å². The van der Waals surface area contributed by atoms with Crippen LogP contribution in [-0.4, -0.2) is 13.1 Å². The Hall–Kier alpha value is -0.350. The van der Waals surface area contributed by atoms with Crippen molar-refractivity contribution in [2.45, 2.75) is 12.3 Å². The zero-order valence-electron chi connectivity index (χ0n) is 7.93. The molecule has 0 unspecified atom stereocenters. The van der Waals surface area contributed by atoms with Gasteiger partial charge in [0.25, 0.3) is 0 Å². The lowest BCUT2D eigenvalue weighted by Crippen LogP contribution is -2.06. The van der Waals surface area contributed by atoms with E-state index in [0.717, 1.165) is 15.6 Å². The molecule has 0 aliphatic rings. The average molecular weight is 322 g/mol. The standard InChI is InChI=1S/C10H10Br2O2/c1-6-3-7(10(13)14-2)8(5-11)9(12)4-6/h3-4H,5H2,1-2H3. The number of methoxy groups -OCH3 is 1. The van der Waals surface area contributed by atoms with Crippen molar-refractivity contribution in [3.8, 4) is 0 Å². The van der Waals surface area contributed by atoms with Crippen molar-refractivity contribution in [1.82, 2.24) is 0 Å². The Morgan fingerprint density at radius 2 is 2.14 bits per heavy atom. The number of hydrogen-bond acceptors (Lipinski definition) is 2. The second kappa shape index (κ2) is 4.94. The molecule has 0 bridgehead atoms. The van der Waals surface area contributed by atoms with Crippen LogP contribution in [0, 0.1) is 6.92 Å². The second-order valence-electron chi connectivity index (χ2n) is 2.90. The highest BCUT2D eigenvalue weighted by molar-refractivity contribution is 9.10. The van der Waals surface area contributed by atoms with Crippen LogP contribution in [-0.2, 0) is 10.1 Å². The number of alkyl halides is 1. The quantitative estimate of drug-likeness (QED) is 0.616. The third-order valence-electron chi connectivity index (χ3n) is 1.88. The van der Waals surface area contributed by atoms with Crippen LogP contribution in [0.3, 0.4) is 0 Å². The summed E-state index contributed by atoms with van der Waals surface area (Å²) >= 11 is 6.76. The molecular weight excluding hydrogens is 312 g/mol. The van der Waals surface area contributed by atoms with Crippen LogP contribution >= 0.6 is 31.9 Å². The lowest BCUT2D eigenvalue weighted by atomic mass is 10.1. The molecule has 0 N–H and O–H groups in total. The van der Waals surface area contributed by atoms with Crippen molar-refractivity contribution in [1.29, 1.82) is 0 Å². The van der Waals surface area contributed by atoms with E-state index in [-0.39, 0.29) is 5.97 Å². The molecule has 1 aromatic rings. The fourth-order valence-corrected chi connectivity index (χ4v) is 2.90. The minimum Gasteiger partial charge on any atom is -0.465 e. The fraction of sp³-hybridized carbons (Fsp3) is 0.300. The maximum Gasteiger partial charge on any atom is 0.338 e. The lowest BCUT2D eigenvalue weighted by molar-refractivity contribution is 0.0599. The van der Waals surface area contributed by atoms with Crippen molar-refractivity contribution >= 4 is 37.8 Å². The molecule has 0 saturated heterocycles. The van der Waals surface area contributed by atoms with Gasteiger partial charge in [-0.3, -0.25) is 0 Å². The van der Waals surface area contributed by atoms with Gasteiger partial charge in [0, 0.05) is 9.80 Å². The zero-order chi connectivity index (χ0) is 10.7. The SMILES string of the molecule is COC(=O)c1cc(C)cc(Br)c1CBr. The summed E-state index contributed by atoms with van der Waals surface area (Å²) in [6.07, 6.45) is 0. The van der Waals surface area contributed by atoms with Crippen molar-refractivity contribution in [3.63, 3.8) is 0 Å². The molecular formula is C10H10Br2O2. The van der Waals surface area contributed by atoms with E-state index in [1.54, 1.807) is 0 Å². The predicted octanol–water partition coefficient (Wildman–Crippen LogP) is 3.44. The number of rotatable bonds is 2. The molecule has 0 spiro atoms. The first-order valence-electron chi connectivity index (χ1n) is 4.03. The number of esters is 1.